The van der Waals surface area contributed by atoms with Crippen LogP contribution in [0.2, 0.25) is 0 Å². The third kappa shape index (κ3) is 3.55. The molecular weight excluding hydrogens is 150 g/mol. The van der Waals surface area contributed by atoms with Gasteiger partial charge in [0.1, 0.15) is 0 Å². The molecule has 0 heterocycles. The molecule has 0 aromatic heterocycles. The van der Waals surface area contributed by atoms with Gasteiger partial charge in [0, 0.05) is 19.2 Å². The van der Waals surface area contributed by atoms with Crippen molar-refractivity contribution >= 4 is 0 Å². The molecule has 2 nitrogen and oxygen atoms in total. The van der Waals surface area contributed by atoms with Gasteiger partial charge in [0.2, 0.25) is 0 Å². The number of ether oxygens (including phenoxy) is 1. The molecule has 1 aliphatic carbocycles. The lowest BCUT2D eigenvalue weighted by atomic mass is 9.95. The van der Waals surface area contributed by atoms with E-state index < -0.39 is 0 Å². The van der Waals surface area contributed by atoms with Crippen LogP contribution in [-0.2, 0) is 4.74 Å². The molecule has 0 spiro atoms. The predicted molar refractivity (Wildman–Crippen MR) is 51.3 cm³/mol. The first-order chi connectivity index (χ1) is 5.83. The van der Waals surface area contributed by atoms with E-state index in [0.29, 0.717) is 6.04 Å². The Hall–Kier alpha value is -0.0800. The first kappa shape index (κ1) is 10.0. The van der Waals surface area contributed by atoms with Gasteiger partial charge in [-0.05, 0) is 19.8 Å². The number of hydrogen-bond acceptors (Lipinski definition) is 2. The Bertz CT molecular complexity index is 110. The lowest BCUT2D eigenvalue weighted by Crippen LogP contribution is -2.40. The zero-order chi connectivity index (χ0) is 8.81. The Labute approximate surface area is 75.7 Å². The molecule has 0 amide bonds. The van der Waals surface area contributed by atoms with Crippen LogP contribution in [0.3, 0.4) is 0 Å². The van der Waals surface area contributed by atoms with Crippen molar-refractivity contribution < 1.29 is 4.74 Å². The summed E-state index contributed by atoms with van der Waals surface area (Å²) in [5.74, 6) is 0. The lowest BCUT2D eigenvalue weighted by molar-refractivity contribution is 0.162. The van der Waals surface area contributed by atoms with E-state index in [1.807, 2.05) is 0 Å². The molecule has 0 aromatic rings. The molecule has 0 saturated heterocycles. The highest BCUT2D eigenvalue weighted by Gasteiger charge is 2.14. The van der Waals surface area contributed by atoms with Gasteiger partial charge in [-0.1, -0.05) is 19.3 Å². The van der Waals surface area contributed by atoms with Gasteiger partial charge in [0.05, 0.1) is 6.61 Å². The maximum atomic E-state index is 5.08. The van der Waals surface area contributed by atoms with E-state index >= 15 is 0 Å². The fourth-order valence-electron chi connectivity index (χ4n) is 1.97. The number of hydrogen-bond donors (Lipinski definition) is 1. The van der Waals surface area contributed by atoms with Crippen molar-refractivity contribution in [3.63, 3.8) is 0 Å². The van der Waals surface area contributed by atoms with Gasteiger partial charge in [-0.2, -0.15) is 0 Å². The minimum atomic E-state index is 0.512. The molecule has 0 unspecified atom stereocenters. The SMILES string of the molecule is COC[C@H](C)NC1CCCCC1. The summed E-state index contributed by atoms with van der Waals surface area (Å²) in [7, 11) is 1.76. The van der Waals surface area contributed by atoms with Crippen LogP contribution in [0.25, 0.3) is 0 Å². The molecule has 12 heavy (non-hydrogen) atoms. The third-order valence-electron chi connectivity index (χ3n) is 2.54. The summed E-state index contributed by atoms with van der Waals surface area (Å²) in [5.41, 5.74) is 0. The number of nitrogens with one attached hydrogen (secondary N) is 1. The van der Waals surface area contributed by atoms with E-state index in [1.165, 1.54) is 32.1 Å². The number of rotatable bonds is 4. The highest BCUT2D eigenvalue weighted by Crippen LogP contribution is 2.17. The van der Waals surface area contributed by atoms with Crippen LogP contribution < -0.4 is 5.32 Å². The average molecular weight is 171 g/mol. The predicted octanol–water partition coefficient (Wildman–Crippen LogP) is 1.94. The van der Waals surface area contributed by atoms with Crippen LogP contribution in [0.5, 0.6) is 0 Å². The fraction of sp³-hybridized carbons (Fsp3) is 1.00. The van der Waals surface area contributed by atoms with Crippen molar-refractivity contribution in [2.75, 3.05) is 13.7 Å². The van der Waals surface area contributed by atoms with Crippen molar-refractivity contribution in [2.45, 2.75) is 51.1 Å². The van der Waals surface area contributed by atoms with E-state index in [2.05, 4.69) is 12.2 Å². The Kier molecular flexibility index (Phi) is 4.62. The summed E-state index contributed by atoms with van der Waals surface area (Å²) >= 11 is 0. The minimum absolute atomic E-state index is 0.512. The van der Waals surface area contributed by atoms with Gasteiger partial charge in [0.15, 0.2) is 0 Å². The molecule has 0 radical (unpaired) electrons. The summed E-state index contributed by atoms with van der Waals surface area (Å²) < 4.78 is 5.08. The molecule has 1 saturated carbocycles. The molecule has 2 heteroatoms. The summed E-state index contributed by atoms with van der Waals surface area (Å²) in [6.07, 6.45) is 6.94. The Morgan fingerprint density at radius 1 is 1.33 bits per heavy atom. The summed E-state index contributed by atoms with van der Waals surface area (Å²) in [4.78, 5) is 0. The second-order valence-electron chi connectivity index (χ2n) is 3.86. The van der Waals surface area contributed by atoms with Crippen LogP contribution in [0.1, 0.15) is 39.0 Å². The van der Waals surface area contributed by atoms with Crippen LogP contribution in [0.15, 0.2) is 0 Å². The van der Waals surface area contributed by atoms with Crippen LogP contribution in [0.4, 0.5) is 0 Å². The Morgan fingerprint density at radius 2 is 2.00 bits per heavy atom. The zero-order valence-corrected chi connectivity index (χ0v) is 8.31. The Balaban J connectivity index is 2.11. The normalized spacial score (nSPS) is 22.5. The summed E-state index contributed by atoms with van der Waals surface area (Å²) in [6, 6.07) is 1.27. The Morgan fingerprint density at radius 3 is 2.58 bits per heavy atom. The largest absolute Gasteiger partial charge is 0.383 e. The molecule has 1 aliphatic rings. The third-order valence-corrected chi connectivity index (χ3v) is 2.54. The second kappa shape index (κ2) is 5.55. The zero-order valence-electron chi connectivity index (χ0n) is 8.31. The van der Waals surface area contributed by atoms with Gasteiger partial charge < -0.3 is 10.1 Å². The van der Waals surface area contributed by atoms with Gasteiger partial charge in [-0.15, -0.1) is 0 Å². The molecule has 0 aliphatic heterocycles. The van der Waals surface area contributed by atoms with Gasteiger partial charge in [-0.3, -0.25) is 0 Å². The molecule has 0 bridgehead atoms. The van der Waals surface area contributed by atoms with E-state index in [1.54, 1.807) is 7.11 Å². The van der Waals surface area contributed by atoms with E-state index in [-0.39, 0.29) is 0 Å². The van der Waals surface area contributed by atoms with Crippen molar-refractivity contribution in [2.24, 2.45) is 0 Å². The molecule has 72 valence electrons. The van der Waals surface area contributed by atoms with Crippen molar-refractivity contribution in [1.82, 2.24) is 5.32 Å². The lowest BCUT2D eigenvalue weighted by Gasteiger charge is -2.26. The fourth-order valence-corrected chi connectivity index (χ4v) is 1.97. The first-order valence-electron chi connectivity index (χ1n) is 5.08. The molecule has 1 atom stereocenters. The maximum Gasteiger partial charge on any atom is 0.0613 e. The monoisotopic (exact) mass is 171 g/mol. The van der Waals surface area contributed by atoms with Crippen molar-refractivity contribution in [3.8, 4) is 0 Å². The highest BCUT2D eigenvalue weighted by atomic mass is 16.5. The van der Waals surface area contributed by atoms with Gasteiger partial charge in [-0.25, -0.2) is 0 Å². The van der Waals surface area contributed by atoms with Crippen LogP contribution in [0, 0.1) is 0 Å². The van der Waals surface area contributed by atoms with Crippen molar-refractivity contribution in [1.29, 1.82) is 0 Å². The maximum absolute atomic E-state index is 5.08. The van der Waals surface area contributed by atoms with E-state index in [4.69, 9.17) is 4.74 Å². The van der Waals surface area contributed by atoms with Crippen LogP contribution in [-0.4, -0.2) is 25.8 Å². The molecular formula is C10H21NO. The van der Waals surface area contributed by atoms with Gasteiger partial charge >= 0.3 is 0 Å². The molecule has 1 rings (SSSR count). The van der Waals surface area contributed by atoms with Crippen molar-refractivity contribution in [3.05, 3.63) is 0 Å². The highest BCUT2D eigenvalue weighted by molar-refractivity contribution is 4.74. The average Bonchev–Trinajstić information content (AvgIpc) is 2.06. The number of methoxy groups -OCH3 is 1. The smallest absolute Gasteiger partial charge is 0.0613 e. The summed E-state index contributed by atoms with van der Waals surface area (Å²) in [6.45, 7) is 3.02. The topological polar surface area (TPSA) is 21.3 Å². The van der Waals surface area contributed by atoms with E-state index in [0.717, 1.165) is 12.6 Å². The standard InChI is InChI=1S/C10H21NO/c1-9(8-12-2)11-10-6-4-3-5-7-10/h9-11H,3-8H2,1-2H3/t9-/m0/s1. The minimum Gasteiger partial charge on any atom is -0.383 e. The van der Waals surface area contributed by atoms with E-state index in [9.17, 15) is 0 Å². The van der Waals surface area contributed by atoms with Crippen LogP contribution >= 0.6 is 0 Å². The molecule has 0 aromatic carbocycles. The second-order valence-corrected chi connectivity index (χ2v) is 3.86. The van der Waals surface area contributed by atoms with Gasteiger partial charge in [0.25, 0.3) is 0 Å². The molecule has 1 N–H and O–H groups in total. The quantitative estimate of drug-likeness (QED) is 0.698. The summed E-state index contributed by atoms with van der Waals surface area (Å²) in [5, 5.41) is 3.59. The molecule has 1 fully saturated rings. The first-order valence-corrected chi connectivity index (χ1v) is 5.08.